The summed E-state index contributed by atoms with van der Waals surface area (Å²) < 4.78 is 6.20. The number of piperidine rings is 1. The third-order valence-corrected chi connectivity index (χ3v) is 5.14. The molecule has 1 aromatic carbocycles. The van der Waals surface area contributed by atoms with E-state index >= 15 is 0 Å². The normalized spacial score (nSPS) is 16.8. The van der Waals surface area contributed by atoms with Gasteiger partial charge in [0, 0.05) is 56.3 Å². The van der Waals surface area contributed by atoms with Gasteiger partial charge in [-0.1, -0.05) is 26.8 Å². The number of benzene rings is 1. The van der Waals surface area contributed by atoms with Gasteiger partial charge in [-0.25, -0.2) is 0 Å². The Bertz CT molecular complexity index is 811. The zero-order valence-electron chi connectivity index (χ0n) is 18.6. The van der Waals surface area contributed by atoms with E-state index in [2.05, 4.69) is 41.0 Å². The number of aromatic nitrogens is 2. The van der Waals surface area contributed by atoms with Gasteiger partial charge in [0.1, 0.15) is 11.9 Å². The minimum Gasteiger partial charge on any atom is -0.490 e. The Hall–Kier alpha value is -2.47. The second-order valence-electron chi connectivity index (χ2n) is 9.46. The van der Waals surface area contributed by atoms with Crippen molar-refractivity contribution in [2.75, 3.05) is 19.6 Å². The molecular weight excluding hydrogens is 376 g/mol. The van der Waals surface area contributed by atoms with Gasteiger partial charge in [-0.15, -0.1) is 0 Å². The highest BCUT2D eigenvalue weighted by molar-refractivity contribution is 5.94. The first-order valence-corrected chi connectivity index (χ1v) is 10.8. The second kappa shape index (κ2) is 10.0. The van der Waals surface area contributed by atoms with E-state index in [1.54, 1.807) is 18.6 Å². The van der Waals surface area contributed by atoms with Crippen molar-refractivity contribution >= 4 is 5.91 Å². The molecule has 0 spiro atoms. The van der Waals surface area contributed by atoms with Gasteiger partial charge in [-0.2, -0.15) is 0 Å². The number of rotatable bonds is 7. The number of hydrogen-bond donors (Lipinski definition) is 1. The SMILES string of the molecule is C[C@@H](Cc1cnccn1)NC(=O)c1cccc(OC2CCN(CC(C)(C)C)CC2)c1. The fourth-order valence-corrected chi connectivity index (χ4v) is 3.87. The van der Waals surface area contributed by atoms with Crippen LogP contribution in [0.25, 0.3) is 0 Å². The quantitative estimate of drug-likeness (QED) is 0.753. The summed E-state index contributed by atoms with van der Waals surface area (Å²) in [5.41, 5.74) is 1.79. The molecule has 30 heavy (non-hydrogen) atoms. The van der Waals surface area contributed by atoms with Crippen molar-refractivity contribution in [3.63, 3.8) is 0 Å². The van der Waals surface area contributed by atoms with Crippen LogP contribution in [0.2, 0.25) is 0 Å². The third-order valence-electron chi connectivity index (χ3n) is 5.14. The summed E-state index contributed by atoms with van der Waals surface area (Å²) in [4.78, 5) is 23.5. The Labute approximate surface area is 180 Å². The first-order chi connectivity index (χ1) is 14.3. The van der Waals surface area contributed by atoms with Crippen LogP contribution in [0.4, 0.5) is 0 Å². The molecule has 1 saturated heterocycles. The zero-order valence-corrected chi connectivity index (χ0v) is 18.6. The standard InChI is InChI=1S/C24H34N4O2/c1-18(14-20-16-25-10-11-26-20)27-23(29)19-6-5-7-22(15-19)30-21-8-12-28(13-9-21)17-24(2,3)4/h5-7,10-11,15-16,18,21H,8-9,12-14,17H2,1-4H3,(H,27,29)/t18-/m0/s1. The molecule has 1 amide bonds. The lowest BCUT2D eigenvalue weighted by atomic mass is 9.94. The number of amides is 1. The second-order valence-corrected chi connectivity index (χ2v) is 9.46. The van der Waals surface area contributed by atoms with Gasteiger partial charge in [0.25, 0.3) is 5.91 Å². The number of nitrogens with one attached hydrogen (secondary N) is 1. The van der Waals surface area contributed by atoms with Crippen LogP contribution in [-0.4, -0.2) is 52.6 Å². The molecule has 1 fully saturated rings. The summed E-state index contributed by atoms with van der Waals surface area (Å²) in [7, 11) is 0. The van der Waals surface area contributed by atoms with Gasteiger partial charge >= 0.3 is 0 Å². The van der Waals surface area contributed by atoms with Gasteiger partial charge in [-0.3, -0.25) is 14.8 Å². The van der Waals surface area contributed by atoms with Crippen LogP contribution in [-0.2, 0) is 6.42 Å². The van der Waals surface area contributed by atoms with Crippen LogP contribution in [0.3, 0.4) is 0 Å². The van der Waals surface area contributed by atoms with Crippen molar-refractivity contribution in [2.24, 2.45) is 5.41 Å². The molecule has 3 rings (SSSR count). The lowest BCUT2D eigenvalue weighted by Gasteiger charge is -2.36. The van der Waals surface area contributed by atoms with Crippen LogP contribution in [0.5, 0.6) is 5.75 Å². The van der Waals surface area contributed by atoms with Crippen LogP contribution < -0.4 is 10.1 Å². The van der Waals surface area contributed by atoms with Crippen molar-refractivity contribution in [1.82, 2.24) is 20.2 Å². The molecule has 2 aromatic rings. The Balaban J connectivity index is 1.50. The lowest BCUT2D eigenvalue weighted by Crippen LogP contribution is -2.42. The molecule has 1 aliphatic heterocycles. The molecule has 2 heterocycles. The van der Waals surface area contributed by atoms with E-state index in [0.717, 1.165) is 43.9 Å². The fraction of sp³-hybridized carbons (Fsp3) is 0.542. The largest absolute Gasteiger partial charge is 0.490 e. The minimum absolute atomic E-state index is 0.0362. The molecule has 0 bridgehead atoms. The van der Waals surface area contributed by atoms with E-state index in [1.165, 1.54) is 0 Å². The molecule has 0 saturated carbocycles. The molecule has 0 radical (unpaired) electrons. The molecule has 162 valence electrons. The summed E-state index contributed by atoms with van der Waals surface area (Å²) in [5.74, 6) is 0.662. The molecule has 1 atom stereocenters. The maximum Gasteiger partial charge on any atom is 0.251 e. The first-order valence-electron chi connectivity index (χ1n) is 10.8. The number of carbonyl (C=O) groups is 1. The highest BCUT2D eigenvalue weighted by Gasteiger charge is 2.24. The van der Waals surface area contributed by atoms with Crippen LogP contribution in [0.1, 0.15) is 56.6 Å². The number of nitrogens with zero attached hydrogens (tertiary/aromatic N) is 3. The lowest BCUT2D eigenvalue weighted by molar-refractivity contribution is 0.0808. The van der Waals surface area contributed by atoms with E-state index in [-0.39, 0.29) is 18.1 Å². The molecule has 0 unspecified atom stereocenters. The van der Waals surface area contributed by atoms with Gasteiger partial charge < -0.3 is 15.0 Å². The van der Waals surface area contributed by atoms with Gasteiger partial charge in [0.15, 0.2) is 0 Å². The molecule has 6 nitrogen and oxygen atoms in total. The van der Waals surface area contributed by atoms with Gasteiger partial charge in [0.05, 0.1) is 5.69 Å². The molecule has 6 heteroatoms. The maximum absolute atomic E-state index is 12.7. The Kier molecular flexibility index (Phi) is 7.43. The predicted octanol–water partition coefficient (Wildman–Crippen LogP) is 3.73. The number of carbonyl (C=O) groups excluding carboxylic acids is 1. The Morgan fingerprint density at radius 3 is 2.70 bits per heavy atom. The van der Waals surface area contributed by atoms with Crippen molar-refractivity contribution in [3.05, 3.63) is 54.1 Å². The van der Waals surface area contributed by atoms with Crippen molar-refractivity contribution < 1.29 is 9.53 Å². The molecule has 1 aliphatic rings. The zero-order chi connectivity index (χ0) is 21.6. The average molecular weight is 411 g/mol. The van der Waals surface area contributed by atoms with Crippen LogP contribution >= 0.6 is 0 Å². The van der Waals surface area contributed by atoms with Crippen molar-refractivity contribution in [1.29, 1.82) is 0 Å². The Morgan fingerprint density at radius 2 is 2.03 bits per heavy atom. The summed E-state index contributed by atoms with van der Waals surface area (Å²) in [6, 6.07) is 7.44. The van der Waals surface area contributed by atoms with Gasteiger partial charge in [0.2, 0.25) is 0 Å². The summed E-state index contributed by atoms with van der Waals surface area (Å²) >= 11 is 0. The van der Waals surface area contributed by atoms with E-state index in [9.17, 15) is 4.79 Å². The maximum atomic E-state index is 12.7. The third kappa shape index (κ3) is 7.10. The van der Waals surface area contributed by atoms with Crippen molar-refractivity contribution in [2.45, 2.75) is 59.1 Å². The Morgan fingerprint density at radius 1 is 1.27 bits per heavy atom. The molecule has 1 aromatic heterocycles. The summed E-state index contributed by atoms with van der Waals surface area (Å²) in [6.45, 7) is 12.0. The topological polar surface area (TPSA) is 67.3 Å². The van der Waals surface area contributed by atoms with E-state index < -0.39 is 0 Å². The monoisotopic (exact) mass is 410 g/mol. The van der Waals surface area contributed by atoms with E-state index in [4.69, 9.17) is 4.74 Å². The number of likely N-dealkylation sites (tertiary alicyclic amines) is 1. The van der Waals surface area contributed by atoms with Crippen molar-refractivity contribution in [3.8, 4) is 5.75 Å². The highest BCUT2D eigenvalue weighted by Crippen LogP contribution is 2.23. The van der Waals surface area contributed by atoms with Crippen LogP contribution in [0.15, 0.2) is 42.9 Å². The molecular formula is C24H34N4O2. The van der Waals surface area contributed by atoms with E-state index in [0.29, 0.717) is 17.4 Å². The number of hydrogen-bond acceptors (Lipinski definition) is 5. The molecule has 1 N–H and O–H groups in total. The van der Waals surface area contributed by atoms with E-state index in [1.807, 2.05) is 31.2 Å². The summed E-state index contributed by atoms with van der Waals surface area (Å²) in [5, 5.41) is 3.03. The van der Waals surface area contributed by atoms with Gasteiger partial charge in [-0.05, 0) is 43.4 Å². The average Bonchev–Trinajstić information content (AvgIpc) is 2.69. The van der Waals surface area contributed by atoms with Crippen LogP contribution in [0, 0.1) is 5.41 Å². The fourth-order valence-electron chi connectivity index (χ4n) is 3.87. The molecule has 0 aliphatic carbocycles. The smallest absolute Gasteiger partial charge is 0.251 e. The predicted molar refractivity (Wildman–Crippen MR) is 119 cm³/mol. The highest BCUT2D eigenvalue weighted by atomic mass is 16.5. The summed E-state index contributed by atoms with van der Waals surface area (Å²) in [6.07, 6.45) is 7.91. The first kappa shape index (κ1) is 22.2. The number of ether oxygens (including phenoxy) is 1. The minimum atomic E-state index is -0.100.